The molecule has 0 atom stereocenters. The van der Waals surface area contributed by atoms with Crippen LogP contribution in [0.15, 0.2) is 23.3 Å². The lowest BCUT2D eigenvalue weighted by Crippen LogP contribution is -1.51. The molecule has 0 aliphatic carbocycles. The van der Waals surface area contributed by atoms with E-state index in [9.17, 15) is 0 Å². The summed E-state index contributed by atoms with van der Waals surface area (Å²) in [6, 6.07) is 0. The second-order valence-corrected chi connectivity index (χ2v) is 1.88. The van der Waals surface area contributed by atoms with Gasteiger partial charge in [0.05, 0.1) is 0 Å². The monoisotopic (exact) mass is 116 g/mol. The first-order valence-electron chi connectivity index (χ1n) is 2.22. The van der Waals surface area contributed by atoms with Crippen molar-refractivity contribution >= 4 is 11.6 Å². The molecule has 40 valence electrons. The molecule has 0 saturated heterocycles. The van der Waals surface area contributed by atoms with Crippen LogP contribution >= 0.6 is 11.6 Å². The van der Waals surface area contributed by atoms with Crippen molar-refractivity contribution < 1.29 is 0 Å². The molecule has 0 amide bonds. The van der Waals surface area contributed by atoms with Crippen LogP contribution in [-0.4, -0.2) is 0 Å². The zero-order valence-corrected chi connectivity index (χ0v) is 5.37. The molecule has 0 spiro atoms. The maximum Gasteiger partial charge on any atom is 0.0149 e. The van der Waals surface area contributed by atoms with Crippen molar-refractivity contribution in [1.82, 2.24) is 0 Å². The van der Waals surface area contributed by atoms with Gasteiger partial charge in [-0.2, -0.15) is 0 Å². The summed E-state index contributed by atoms with van der Waals surface area (Å²) in [6.07, 6.45) is 5.69. The van der Waals surface area contributed by atoms with Gasteiger partial charge in [0.25, 0.3) is 0 Å². The van der Waals surface area contributed by atoms with E-state index in [1.165, 1.54) is 0 Å². The lowest BCUT2D eigenvalue weighted by atomic mass is 10.5. The van der Waals surface area contributed by atoms with E-state index >= 15 is 0 Å². The third kappa shape index (κ3) is 5.77. The van der Waals surface area contributed by atoms with Gasteiger partial charge in [0.2, 0.25) is 0 Å². The molecule has 0 N–H and O–H groups in total. The van der Waals surface area contributed by atoms with E-state index in [0.29, 0.717) is 0 Å². The molecule has 0 aliphatic rings. The Morgan fingerprint density at radius 3 is 2.29 bits per heavy atom. The van der Waals surface area contributed by atoms with Gasteiger partial charge in [-0.3, -0.25) is 0 Å². The summed E-state index contributed by atoms with van der Waals surface area (Å²) in [5.41, 5.74) is 0. The first-order valence-corrected chi connectivity index (χ1v) is 2.60. The zero-order valence-electron chi connectivity index (χ0n) is 4.61. The van der Waals surface area contributed by atoms with Gasteiger partial charge in [-0.15, -0.1) is 0 Å². The smallest absolute Gasteiger partial charge is 0.0149 e. The van der Waals surface area contributed by atoms with Gasteiger partial charge in [-0.05, 0) is 19.9 Å². The summed E-state index contributed by atoms with van der Waals surface area (Å²) in [6.45, 7) is 3.80. The highest BCUT2D eigenvalue weighted by Crippen LogP contribution is 1.96. The Balaban J connectivity index is 3.46. The normalized spacial score (nSPS) is 13.3. The molecule has 0 heterocycles. The van der Waals surface area contributed by atoms with E-state index in [4.69, 9.17) is 11.6 Å². The van der Waals surface area contributed by atoms with Crippen LogP contribution in [0.4, 0.5) is 0 Å². The Morgan fingerprint density at radius 1 is 1.57 bits per heavy atom. The van der Waals surface area contributed by atoms with Crippen molar-refractivity contribution in [3.63, 3.8) is 0 Å². The molecule has 0 unspecified atom stereocenters. The molecule has 0 saturated carbocycles. The van der Waals surface area contributed by atoms with Crippen LogP contribution in [-0.2, 0) is 0 Å². The van der Waals surface area contributed by atoms with E-state index in [0.717, 1.165) is 5.03 Å². The predicted molar refractivity (Wildman–Crippen MR) is 34.4 cm³/mol. The fraction of sp³-hybridized carbons (Fsp3) is 0.333. The molecular formula is C6H9Cl. The van der Waals surface area contributed by atoms with E-state index in [1.807, 2.05) is 32.1 Å². The molecular weight excluding hydrogens is 108 g/mol. The highest BCUT2D eigenvalue weighted by atomic mass is 35.5. The van der Waals surface area contributed by atoms with Gasteiger partial charge in [-0.1, -0.05) is 23.8 Å². The molecule has 0 fully saturated rings. The van der Waals surface area contributed by atoms with Crippen LogP contribution in [0.3, 0.4) is 0 Å². The fourth-order valence-corrected chi connectivity index (χ4v) is 0.302. The first kappa shape index (κ1) is 6.77. The van der Waals surface area contributed by atoms with Crippen molar-refractivity contribution in [2.24, 2.45) is 0 Å². The number of allylic oxidation sites excluding steroid dienone is 4. The lowest BCUT2D eigenvalue weighted by Gasteiger charge is -1.74. The summed E-state index contributed by atoms with van der Waals surface area (Å²) < 4.78 is 0. The van der Waals surface area contributed by atoms with Gasteiger partial charge in [0, 0.05) is 5.03 Å². The van der Waals surface area contributed by atoms with Crippen molar-refractivity contribution in [3.05, 3.63) is 23.3 Å². The molecule has 0 aromatic heterocycles. The molecule has 0 bridgehead atoms. The van der Waals surface area contributed by atoms with Crippen LogP contribution in [0.2, 0.25) is 0 Å². The average Bonchev–Trinajstić information content (AvgIpc) is 1.61. The fourth-order valence-electron chi connectivity index (χ4n) is 0.229. The molecule has 0 radical (unpaired) electrons. The Kier molecular flexibility index (Phi) is 3.81. The summed E-state index contributed by atoms with van der Waals surface area (Å²) in [4.78, 5) is 0. The zero-order chi connectivity index (χ0) is 5.70. The van der Waals surface area contributed by atoms with Gasteiger partial charge in [0.1, 0.15) is 0 Å². The topological polar surface area (TPSA) is 0 Å². The maximum atomic E-state index is 5.47. The van der Waals surface area contributed by atoms with Gasteiger partial charge in [-0.25, -0.2) is 0 Å². The summed E-state index contributed by atoms with van der Waals surface area (Å²) >= 11 is 5.47. The van der Waals surface area contributed by atoms with Crippen molar-refractivity contribution in [3.8, 4) is 0 Å². The predicted octanol–water partition coefficient (Wildman–Crippen LogP) is 2.71. The highest BCUT2D eigenvalue weighted by Gasteiger charge is 1.68. The van der Waals surface area contributed by atoms with Crippen molar-refractivity contribution in [1.29, 1.82) is 0 Å². The number of rotatable bonds is 1. The van der Waals surface area contributed by atoms with E-state index in [1.54, 1.807) is 0 Å². The minimum atomic E-state index is 0.818. The van der Waals surface area contributed by atoms with Crippen LogP contribution in [0.1, 0.15) is 13.8 Å². The minimum Gasteiger partial charge on any atom is -0.0895 e. The molecule has 0 nitrogen and oxygen atoms in total. The van der Waals surface area contributed by atoms with Gasteiger partial charge >= 0.3 is 0 Å². The third-order valence-corrected chi connectivity index (χ3v) is 0.644. The van der Waals surface area contributed by atoms with E-state index in [-0.39, 0.29) is 0 Å². The summed E-state index contributed by atoms with van der Waals surface area (Å²) in [5.74, 6) is 0. The second kappa shape index (κ2) is 3.94. The largest absolute Gasteiger partial charge is 0.0895 e. The SMILES string of the molecule is C/C=C/C=C(/C)Cl. The minimum absolute atomic E-state index is 0.818. The van der Waals surface area contributed by atoms with Crippen LogP contribution < -0.4 is 0 Å². The third-order valence-electron chi connectivity index (χ3n) is 0.518. The number of hydrogen-bond acceptors (Lipinski definition) is 0. The Morgan fingerprint density at radius 2 is 2.14 bits per heavy atom. The maximum absolute atomic E-state index is 5.47. The Bertz CT molecular complexity index is 86.4. The Hall–Kier alpha value is -0.230. The number of halogens is 1. The van der Waals surface area contributed by atoms with Gasteiger partial charge < -0.3 is 0 Å². The van der Waals surface area contributed by atoms with Crippen LogP contribution in [0.25, 0.3) is 0 Å². The van der Waals surface area contributed by atoms with Gasteiger partial charge in [0.15, 0.2) is 0 Å². The average molecular weight is 117 g/mol. The molecule has 0 aliphatic heterocycles. The summed E-state index contributed by atoms with van der Waals surface area (Å²) in [7, 11) is 0. The standard InChI is InChI=1S/C6H9Cl/c1-3-4-5-6(2)7/h3-5H,1-2H3/b4-3+,6-5-. The first-order chi connectivity index (χ1) is 3.27. The molecule has 1 heteroatoms. The van der Waals surface area contributed by atoms with E-state index in [2.05, 4.69) is 0 Å². The molecule has 0 aromatic rings. The molecule has 0 rings (SSSR count). The summed E-state index contributed by atoms with van der Waals surface area (Å²) in [5, 5.41) is 0.818. The highest BCUT2D eigenvalue weighted by molar-refractivity contribution is 6.29. The second-order valence-electron chi connectivity index (χ2n) is 1.28. The van der Waals surface area contributed by atoms with Crippen LogP contribution in [0, 0.1) is 0 Å². The molecule has 0 aromatic carbocycles. The van der Waals surface area contributed by atoms with E-state index < -0.39 is 0 Å². The molecule has 7 heavy (non-hydrogen) atoms. The van der Waals surface area contributed by atoms with Crippen molar-refractivity contribution in [2.45, 2.75) is 13.8 Å². The van der Waals surface area contributed by atoms with Crippen molar-refractivity contribution in [2.75, 3.05) is 0 Å². The quantitative estimate of drug-likeness (QED) is 0.462. The lowest BCUT2D eigenvalue weighted by molar-refractivity contribution is 1.64. The Labute approximate surface area is 49.5 Å². The van der Waals surface area contributed by atoms with Crippen LogP contribution in [0.5, 0.6) is 0 Å². The number of hydrogen-bond donors (Lipinski definition) is 0.